The lowest BCUT2D eigenvalue weighted by Crippen LogP contribution is -2.57. The molecule has 0 aliphatic carbocycles. The SMILES string of the molecule is Cc1ncsc1-c1ccc([C@H](C)NC(=O)[C@@H]2C[C@@H](O)CN2C(=O)[C@@H](NC(=O)CCCCc2cccc(OC[C@H](CCC(N)=O)NC(=O)[C@@H]3Cc4cccc5c4N3C(=O)[C@@H](N)CC5)c2)C(C)(C)C)cc1.Cl. The van der Waals surface area contributed by atoms with Crippen LogP contribution in [0, 0.1) is 12.3 Å². The maximum absolute atomic E-state index is 14.2. The monoisotopic (exact) mass is 998 g/mol. The molecule has 16 nitrogen and oxygen atoms in total. The van der Waals surface area contributed by atoms with Crippen LogP contribution in [0.2, 0.25) is 0 Å². The molecule has 3 aromatic carbocycles. The second kappa shape index (κ2) is 23.4. The number of halogens is 1. The molecule has 0 bridgehead atoms. The number of β-amino-alcohol motifs (C(OH)–C–C–N with tert-alkyl or cyclic N) is 1. The molecular weight excluding hydrogens is 932 g/mol. The van der Waals surface area contributed by atoms with Crippen LogP contribution in [0.15, 0.2) is 72.2 Å². The summed E-state index contributed by atoms with van der Waals surface area (Å²) in [6, 6.07) is 17.0. The van der Waals surface area contributed by atoms with E-state index >= 15 is 0 Å². The van der Waals surface area contributed by atoms with Crippen molar-refractivity contribution in [3.8, 4) is 16.2 Å². The summed E-state index contributed by atoms with van der Waals surface area (Å²) in [7, 11) is 0. The van der Waals surface area contributed by atoms with Crippen LogP contribution in [0.5, 0.6) is 5.75 Å². The summed E-state index contributed by atoms with van der Waals surface area (Å²) in [5.41, 5.74) is 19.4. The summed E-state index contributed by atoms with van der Waals surface area (Å²) < 4.78 is 6.17. The number of primary amides is 1. The molecule has 8 N–H and O–H groups in total. The van der Waals surface area contributed by atoms with Gasteiger partial charge in [0.05, 0.1) is 46.0 Å². The number of ether oxygens (including phenoxy) is 1. The molecule has 18 heteroatoms. The van der Waals surface area contributed by atoms with E-state index in [9.17, 15) is 33.9 Å². The molecule has 3 aliphatic heterocycles. The van der Waals surface area contributed by atoms with Gasteiger partial charge >= 0.3 is 0 Å². The van der Waals surface area contributed by atoms with Crippen LogP contribution in [-0.2, 0) is 48.0 Å². The number of aryl methyl sites for hydroxylation is 3. The molecule has 0 spiro atoms. The third-order valence-corrected chi connectivity index (χ3v) is 14.3. The zero-order valence-corrected chi connectivity index (χ0v) is 42.2. The average Bonchev–Trinajstić information content (AvgIpc) is 4.03. The average molecular weight is 1000 g/mol. The molecule has 1 fully saturated rings. The lowest BCUT2D eigenvalue weighted by atomic mass is 9.85. The standard InChI is InChI=1S/C52H66N8O8S.ClH/c1-30(33-16-18-35(19-17-33)46-31(2)55-29-69-46)56-48(64)41-26-38(61)27-59(41)51(67)47(52(3,4)5)58-44(63)15-7-6-10-32-11-8-14-39(24-32)68-28-37(21-23-43(54)62)57-49(65)42-25-36-13-9-12-34-20-22-40(53)50(66)60(42)45(34)36;/h8-9,11-14,16-19,24,29-30,37-38,40-42,47,61H,6-7,10,15,20-23,25-28,53H2,1-5H3,(H2,54,62)(H,56,64)(H,57,65)(H,58,63);1H/t30-,37-,38+,40-,41-,42-,47+;/m0./s1. The van der Waals surface area contributed by atoms with Crippen LogP contribution >= 0.6 is 23.7 Å². The first-order valence-electron chi connectivity index (χ1n) is 24.0. The van der Waals surface area contributed by atoms with Gasteiger partial charge in [-0.25, -0.2) is 4.98 Å². The highest BCUT2D eigenvalue weighted by molar-refractivity contribution is 7.13. The highest BCUT2D eigenvalue weighted by Gasteiger charge is 2.45. The summed E-state index contributed by atoms with van der Waals surface area (Å²) in [5, 5.41) is 19.7. The highest BCUT2D eigenvalue weighted by atomic mass is 35.5. The molecule has 7 atom stereocenters. The minimum Gasteiger partial charge on any atom is -0.491 e. The third-order valence-electron chi connectivity index (χ3n) is 13.4. The van der Waals surface area contributed by atoms with E-state index < -0.39 is 53.5 Å². The quantitative estimate of drug-likeness (QED) is 0.0689. The number of hydrogen-bond donors (Lipinski definition) is 6. The van der Waals surface area contributed by atoms with E-state index in [1.165, 1.54) is 4.90 Å². The number of para-hydroxylation sites is 1. The van der Waals surface area contributed by atoms with Crippen molar-refractivity contribution in [3.63, 3.8) is 0 Å². The van der Waals surface area contributed by atoms with Gasteiger partial charge in [-0.1, -0.05) is 75.4 Å². The Morgan fingerprint density at radius 3 is 2.36 bits per heavy atom. The molecule has 3 aliphatic rings. The Labute approximate surface area is 420 Å². The largest absolute Gasteiger partial charge is 0.491 e. The summed E-state index contributed by atoms with van der Waals surface area (Å²) in [6.07, 6.45) is 2.98. The topological polar surface area (TPSA) is 239 Å². The predicted molar refractivity (Wildman–Crippen MR) is 271 cm³/mol. The first-order valence-corrected chi connectivity index (χ1v) is 24.8. The van der Waals surface area contributed by atoms with Crippen LogP contribution < -0.4 is 37.1 Å². The number of hydrogen-bond acceptors (Lipinski definition) is 11. The number of amides is 6. The molecule has 1 saturated heterocycles. The number of nitrogens with one attached hydrogen (secondary N) is 3. The van der Waals surface area contributed by atoms with Crippen molar-refractivity contribution in [2.75, 3.05) is 18.1 Å². The van der Waals surface area contributed by atoms with E-state index in [1.807, 2.05) is 101 Å². The number of anilines is 1. The molecule has 0 radical (unpaired) electrons. The molecule has 7 rings (SSSR count). The van der Waals surface area contributed by atoms with Gasteiger partial charge < -0.3 is 42.2 Å². The van der Waals surface area contributed by atoms with Gasteiger partial charge in [0.1, 0.15) is 30.5 Å². The summed E-state index contributed by atoms with van der Waals surface area (Å²) in [6.45, 7) is 9.45. The van der Waals surface area contributed by atoms with Crippen molar-refractivity contribution in [3.05, 3.63) is 100 Å². The molecule has 70 heavy (non-hydrogen) atoms. The van der Waals surface area contributed by atoms with Gasteiger partial charge in [-0.2, -0.15) is 0 Å². The number of nitrogens with zero attached hydrogens (tertiary/aromatic N) is 3. The number of aliphatic hydroxyl groups excluding tert-OH is 1. The third kappa shape index (κ3) is 12.9. The van der Waals surface area contributed by atoms with Crippen LogP contribution in [0.25, 0.3) is 10.4 Å². The van der Waals surface area contributed by atoms with Crippen LogP contribution in [0.1, 0.15) is 107 Å². The molecule has 1 aromatic heterocycles. The molecular formula is C52H67ClN8O8S. The smallest absolute Gasteiger partial charge is 0.246 e. The van der Waals surface area contributed by atoms with Gasteiger partial charge in [0.15, 0.2) is 0 Å². The van der Waals surface area contributed by atoms with Gasteiger partial charge in [-0.15, -0.1) is 23.7 Å². The second-order valence-electron chi connectivity index (χ2n) is 19.8. The zero-order valence-electron chi connectivity index (χ0n) is 40.6. The Hall–Kier alpha value is -5.88. The number of thiazole rings is 1. The Kier molecular flexibility index (Phi) is 17.8. The van der Waals surface area contributed by atoms with Crippen LogP contribution in [0.3, 0.4) is 0 Å². The number of likely N-dealkylation sites (tertiary alicyclic amines) is 1. The summed E-state index contributed by atoms with van der Waals surface area (Å²) in [5.74, 6) is -1.67. The lowest BCUT2D eigenvalue weighted by Gasteiger charge is -2.35. The minimum atomic E-state index is -0.936. The van der Waals surface area contributed by atoms with E-state index in [0.717, 1.165) is 44.1 Å². The van der Waals surface area contributed by atoms with Crippen LogP contribution in [-0.4, -0.2) is 99.9 Å². The minimum absolute atomic E-state index is 0. The number of aromatic nitrogens is 1. The maximum atomic E-state index is 14.2. The van der Waals surface area contributed by atoms with Crippen LogP contribution in [0.4, 0.5) is 5.69 Å². The van der Waals surface area contributed by atoms with Gasteiger partial charge in [-0.05, 0) is 97.7 Å². The van der Waals surface area contributed by atoms with Crippen molar-refractivity contribution in [2.45, 2.75) is 141 Å². The molecule has 376 valence electrons. The summed E-state index contributed by atoms with van der Waals surface area (Å²) in [4.78, 5) is 88.8. The Morgan fingerprint density at radius 2 is 1.66 bits per heavy atom. The molecule has 0 unspecified atom stereocenters. The fraction of sp³-hybridized carbons (Fsp3) is 0.481. The van der Waals surface area contributed by atoms with E-state index in [0.29, 0.717) is 44.3 Å². The molecule has 4 heterocycles. The number of aliphatic hydroxyl groups is 1. The van der Waals surface area contributed by atoms with E-state index in [-0.39, 0.29) is 80.9 Å². The highest BCUT2D eigenvalue weighted by Crippen LogP contribution is 2.39. The fourth-order valence-corrected chi connectivity index (χ4v) is 10.3. The number of rotatable bonds is 19. The number of carbonyl (C=O) groups is 6. The van der Waals surface area contributed by atoms with Crippen molar-refractivity contribution >= 4 is 64.9 Å². The number of carbonyl (C=O) groups excluding carboxylic acids is 6. The molecule has 4 aromatic rings. The van der Waals surface area contributed by atoms with Gasteiger partial charge in [0.25, 0.3) is 0 Å². The van der Waals surface area contributed by atoms with Gasteiger partial charge in [0.2, 0.25) is 35.4 Å². The van der Waals surface area contributed by atoms with Crippen molar-refractivity contribution < 1.29 is 38.6 Å². The number of unbranched alkanes of at least 4 members (excludes halogenated alkanes) is 1. The fourth-order valence-electron chi connectivity index (χ4n) is 9.52. The number of nitrogens with two attached hydrogens (primary N) is 2. The Balaban J connectivity index is 0.00000804. The van der Waals surface area contributed by atoms with Gasteiger partial charge in [0, 0.05) is 32.2 Å². The van der Waals surface area contributed by atoms with Gasteiger partial charge in [-0.3, -0.25) is 33.7 Å². The van der Waals surface area contributed by atoms with E-state index in [1.54, 1.807) is 22.3 Å². The van der Waals surface area contributed by atoms with Crippen molar-refractivity contribution in [1.29, 1.82) is 0 Å². The Morgan fingerprint density at radius 1 is 0.943 bits per heavy atom. The second-order valence-corrected chi connectivity index (χ2v) is 20.6. The van der Waals surface area contributed by atoms with E-state index in [4.69, 9.17) is 16.2 Å². The summed E-state index contributed by atoms with van der Waals surface area (Å²) >= 11 is 1.57. The maximum Gasteiger partial charge on any atom is 0.246 e. The predicted octanol–water partition coefficient (Wildman–Crippen LogP) is 4.98. The lowest BCUT2D eigenvalue weighted by molar-refractivity contribution is -0.144. The van der Waals surface area contributed by atoms with E-state index in [2.05, 4.69) is 20.9 Å². The zero-order chi connectivity index (χ0) is 49.6. The molecule has 0 saturated carbocycles. The normalized spacial score (nSPS) is 19.8. The van der Waals surface area contributed by atoms with Crippen molar-refractivity contribution in [2.24, 2.45) is 16.9 Å². The Bertz CT molecular complexity index is 2530. The number of benzene rings is 3. The van der Waals surface area contributed by atoms with Crippen molar-refractivity contribution in [1.82, 2.24) is 25.8 Å². The first kappa shape index (κ1) is 53.5. The first-order chi connectivity index (χ1) is 32.9. The molecule has 6 amide bonds.